The van der Waals surface area contributed by atoms with Crippen molar-refractivity contribution in [3.8, 4) is 11.6 Å². The van der Waals surface area contributed by atoms with E-state index in [0.29, 0.717) is 10.9 Å². The summed E-state index contributed by atoms with van der Waals surface area (Å²) in [5, 5.41) is 0.701. The van der Waals surface area contributed by atoms with Crippen LogP contribution in [-0.2, 0) is 0 Å². The molecule has 1 aromatic carbocycles. The normalized spacial score (nSPS) is 19.1. The predicted octanol–water partition coefficient (Wildman–Crippen LogP) is 4.20. The summed E-state index contributed by atoms with van der Waals surface area (Å²) in [6.45, 7) is 4.57. The highest BCUT2D eigenvalue weighted by Crippen LogP contribution is 2.28. The lowest BCUT2D eigenvalue weighted by Crippen LogP contribution is -2.32. The molecule has 0 spiro atoms. The smallest absolute Gasteiger partial charge is 0.219 e. The minimum Gasteiger partial charge on any atom is -0.439 e. The monoisotopic (exact) mass is 343 g/mol. The maximum atomic E-state index is 5.89. The van der Waals surface area contributed by atoms with Crippen LogP contribution in [0.1, 0.15) is 19.3 Å². The van der Waals surface area contributed by atoms with Crippen LogP contribution in [0.3, 0.4) is 0 Å². The van der Waals surface area contributed by atoms with Gasteiger partial charge in [-0.25, -0.2) is 4.98 Å². The van der Waals surface area contributed by atoms with Gasteiger partial charge in [0.05, 0.1) is 11.9 Å². The van der Waals surface area contributed by atoms with Gasteiger partial charge >= 0.3 is 0 Å². The number of benzene rings is 1. The van der Waals surface area contributed by atoms with Crippen LogP contribution in [0.25, 0.3) is 0 Å². The summed E-state index contributed by atoms with van der Waals surface area (Å²) in [7, 11) is 0. The molecule has 2 aliphatic rings. The van der Waals surface area contributed by atoms with E-state index in [4.69, 9.17) is 16.3 Å². The summed E-state index contributed by atoms with van der Waals surface area (Å²) in [6, 6.07) is 12.2. The lowest BCUT2D eigenvalue weighted by atomic mass is 10.3. The standard InChI is InChI=1S/C19H22ClN3O/c20-15-2-7-18(8-3-15)24-19-9-6-17(14-21-19)23-11-1-10-22(12-13-23)16-4-5-16/h2-3,6-9,14,16H,1,4-5,10-13H2. The highest BCUT2D eigenvalue weighted by Gasteiger charge is 2.29. The maximum absolute atomic E-state index is 5.89. The van der Waals surface area contributed by atoms with Gasteiger partial charge in [0.15, 0.2) is 0 Å². The maximum Gasteiger partial charge on any atom is 0.219 e. The summed E-state index contributed by atoms with van der Waals surface area (Å²) < 4.78 is 5.76. The molecule has 2 aromatic rings. The molecule has 126 valence electrons. The van der Waals surface area contributed by atoms with E-state index >= 15 is 0 Å². The van der Waals surface area contributed by atoms with Crippen LogP contribution in [0.2, 0.25) is 5.02 Å². The van der Waals surface area contributed by atoms with Gasteiger partial charge in [0.2, 0.25) is 5.88 Å². The fourth-order valence-corrected chi connectivity index (χ4v) is 3.37. The third kappa shape index (κ3) is 3.82. The van der Waals surface area contributed by atoms with Crippen LogP contribution in [0, 0.1) is 0 Å². The molecule has 0 bridgehead atoms. The van der Waals surface area contributed by atoms with Crippen LogP contribution in [0.4, 0.5) is 5.69 Å². The Hall–Kier alpha value is -1.78. The Labute approximate surface area is 148 Å². The minimum atomic E-state index is 0.607. The highest BCUT2D eigenvalue weighted by atomic mass is 35.5. The number of hydrogen-bond acceptors (Lipinski definition) is 4. The number of hydrogen-bond donors (Lipinski definition) is 0. The Kier molecular flexibility index (Phi) is 4.58. The van der Waals surface area contributed by atoms with Crippen LogP contribution in [0.5, 0.6) is 11.6 Å². The first-order valence-corrected chi connectivity index (χ1v) is 9.04. The molecule has 24 heavy (non-hydrogen) atoms. The van der Waals surface area contributed by atoms with Gasteiger partial charge in [-0.2, -0.15) is 0 Å². The van der Waals surface area contributed by atoms with Crippen molar-refractivity contribution in [2.24, 2.45) is 0 Å². The molecular formula is C19H22ClN3O. The van der Waals surface area contributed by atoms with E-state index in [1.165, 1.54) is 31.5 Å². The van der Waals surface area contributed by atoms with Gasteiger partial charge in [-0.3, -0.25) is 4.90 Å². The molecule has 0 amide bonds. The second-order valence-corrected chi connectivity index (χ2v) is 6.95. The second-order valence-electron chi connectivity index (χ2n) is 6.52. The number of rotatable bonds is 4. The lowest BCUT2D eigenvalue weighted by Gasteiger charge is -2.23. The molecule has 0 N–H and O–H groups in total. The van der Waals surface area contributed by atoms with Crippen LogP contribution >= 0.6 is 11.6 Å². The van der Waals surface area contributed by atoms with Crippen molar-refractivity contribution in [3.05, 3.63) is 47.6 Å². The van der Waals surface area contributed by atoms with Crippen molar-refractivity contribution in [2.75, 3.05) is 31.1 Å². The molecule has 0 unspecified atom stereocenters. The molecule has 2 fully saturated rings. The molecule has 1 aliphatic heterocycles. The third-order valence-electron chi connectivity index (χ3n) is 4.72. The number of anilines is 1. The molecule has 5 heteroatoms. The van der Waals surface area contributed by atoms with Crippen LogP contribution in [-0.4, -0.2) is 42.1 Å². The first kappa shape index (κ1) is 15.7. The zero-order chi connectivity index (χ0) is 16.4. The largest absolute Gasteiger partial charge is 0.439 e. The van der Waals surface area contributed by atoms with Crippen molar-refractivity contribution in [3.63, 3.8) is 0 Å². The molecule has 1 saturated carbocycles. The quantitative estimate of drug-likeness (QED) is 0.831. The summed E-state index contributed by atoms with van der Waals surface area (Å²) in [6.07, 6.45) is 5.91. The van der Waals surface area contributed by atoms with Gasteiger partial charge in [0.25, 0.3) is 0 Å². The summed E-state index contributed by atoms with van der Waals surface area (Å²) in [5.41, 5.74) is 1.18. The highest BCUT2D eigenvalue weighted by molar-refractivity contribution is 6.30. The van der Waals surface area contributed by atoms with E-state index in [9.17, 15) is 0 Å². The summed E-state index contributed by atoms with van der Waals surface area (Å²) in [4.78, 5) is 9.53. The first-order chi connectivity index (χ1) is 11.8. The topological polar surface area (TPSA) is 28.6 Å². The average Bonchev–Trinajstić information content (AvgIpc) is 3.44. The van der Waals surface area contributed by atoms with E-state index in [2.05, 4.69) is 20.9 Å². The van der Waals surface area contributed by atoms with Gasteiger partial charge in [-0.1, -0.05) is 11.6 Å². The van der Waals surface area contributed by atoms with Crippen molar-refractivity contribution >= 4 is 17.3 Å². The molecule has 2 heterocycles. The third-order valence-corrected chi connectivity index (χ3v) is 4.97. The number of pyridine rings is 1. The van der Waals surface area contributed by atoms with E-state index in [1.807, 2.05) is 36.5 Å². The van der Waals surface area contributed by atoms with Gasteiger partial charge in [0.1, 0.15) is 5.75 Å². The van der Waals surface area contributed by atoms with Gasteiger partial charge in [-0.05, 0) is 49.6 Å². The summed E-state index contributed by atoms with van der Waals surface area (Å²) >= 11 is 5.89. The molecule has 1 saturated heterocycles. The van der Waals surface area contributed by atoms with Gasteiger partial charge in [0, 0.05) is 43.3 Å². The Morgan fingerprint density at radius 1 is 0.958 bits per heavy atom. The SMILES string of the molecule is Clc1ccc(Oc2ccc(N3CCCN(C4CC4)CC3)cn2)cc1. The Morgan fingerprint density at radius 3 is 2.50 bits per heavy atom. The number of nitrogens with zero attached hydrogens (tertiary/aromatic N) is 3. The molecule has 1 aliphatic carbocycles. The van der Waals surface area contributed by atoms with Crippen molar-refractivity contribution in [1.29, 1.82) is 0 Å². The van der Waals surface area contributed by atoms with Crippen LogP contribution < -0.4 is 9.64 Å². The molecular weight excluding hydrogens is 322 g/mol. The summed E-state index contributed by atoms with van der Waals surface area (Å²) in [5.74, 6) is 1.35. The van der Waals surface area contributed by atoms with E-state index in [-0.39, 0.29) is 0 Å². The average molecular weight is 344 g/mol. The van der Waals surface area contributed by atoms with E-state index < -0.39 is 0 Å². The molecule has 4 rings (SSSR count). The van der Waals surface area contributed by atoms with Crippen molar-refractivity contribution in [1.82, 2.24) is 9.88 Å². The van der Waals surface area contributed by atoms with Gasteiger partial charge < -0.3 is 9.64 Å². The molecule has 1 aromatic heterocycles. The molecule has 0 atom stereocenters. The first-order valence-electron chi connectivity index (χ1n) is 8.66. The number of ether oxygens (including phenoxy) is 1. The minimum absolute atomic E-state index is 0.607. The Bertz CT molecular complexity index is 670. The molecule has 4 nitrogen and oxygen atoms in total. The zero-order valence-corrected chi connectivity index (χ0v) is 14.5. The van der Waals surface area contributed by atoms with Gasteiger partial charge in [-0.15, -0.1) is 0 Å². The Balaban J connectivity index is 1.38. The van der Waals surface area contributed by atoms with Crippen LogP contribution in [0.15, 0.2) is 42.6 Å². The van der Waals surface area contributed by atoms with Crippen molar-refractivity contribution in [2.45, 2.75) is 25.3 Å². The van der Waals surface area contributed by atoms with E-state index in [1.54, 1.807) is 0 Å². The van der Waals surface area contributed by atoms with Crippen molar-refractivity contribution < 1.29 is 4.74 Å². The van der Waals surface area contributed by atoms with E-state index in [0.717, 1.165) is 31.4 Å². The Morgan fingerprint density at radius 2 is 1.79 bits per heavy atom. The lowest BCUT2D eigenvalue weighted by molar-refractivity contribution is 0.283. The fraction of sp³-hybridized carbons (Fsp3) is 0.421. The fourth-order valence-electron chi connectivity index (χ4n) is 3.24. The zero-order valence-electron chi connectivity index (χ0n) is 13.7. The predicted molar refractivity (Wildman–Crippen MR) is 97.2 cm³/mol. The molecule has 0 radical (unpaired) electrons. The second kappa shape index (κ2) is 6.99. The number of aromatic nitrogens is 1. The number of halogens is 1.